The van der Waals surface area contributed by atoms with Gasteiger partial charge in [0, 0.05) is 25.3 Å². The van der Waals surface area contributed by atoms with E-state index in [1.54, 1.807) is 0 Å². The van der Waals surface area contributed by atoms with Gasteiger partial charge < -0.3 is 10.2 Å². The van der Waals surface area contributed by atoms with E-state index in [4.69, 9.17) is 0 Å². The van der Waals surface area contributed by atoms with Crippen LogP contribution in [0.1, 0.15) is 25.8 Å². The first-order valence-corrected chi connectivity index (χ1v) is 7.75. The van der Waals surface area contributed by atoms with Gasteiger partial charge in [0.1, 0.15) is 0 Å². The smallest absolute Gasteiger partial charge is 0.227 e. The molecular formula is C17H24N2O. The van der Waals surface area contributed by atoms with Crippen molar-refractivity contribution in [2.75, 3.05) is 25.0 Å². The van der Waals surface area contributed by atoms with Crippen molar-refractivity contribution in [1.29, 1.82) is 0 Å². The Kier molecular flexibility index (Phi) is 3.68. The van der Waals surface area contributed by atoms with Crippen molar-refractivity contribution >= 4 is 11.6 Å². The average Bonchev–Trinajstić information content (AvgIpc) is 2.49. The number of fused-ring (bicyclic) bond motifs is 1. The number of carbonyl (C=O) groups excluding carboxylic acids is 1. The van der Waals surface area contributed by atoms with Crippen LogP contribution in [0.15, 0.2) is 24.3 Å². The Balaban J connectivity index is 1.67. The number of likely N-dealkylation sites (tertiary alicyclic amines) is 1. The van der Waals surface area contributed by atoms with Gasteiger partial charge in [-0.25, -0.2) is 0 Å². The fraction of sp³-hybridized carbons (Fsp3) is 0.588. The Hall–Kier alpha value is -1.51. The largest absolute Gasteiger partial charge is 0.384 e. The first kappa shape index (κ1) is 13.5. The molecule has 1 N–H and O–H groups in total. The minimum Gasteiger partial charge on any atom is -0.384 e. The van der Waals surface area contributed by atoms with Crippen molar-refractivity contribution in [3.63, 3.8) is 0 Å². The maximum absolute atomic E-state index is 12.7. The maximum Gasteiger partial charge on any atom is 0.227 e. The van der Waals surface area contributed by atoms with Crippen LogP contribution < -0.4 is 5.32 Å². The van der Waals surface area contributed by atoms with Gasteiger partial charge in [-0.1, -0.05) is 32.0 Å². The molecule has 0 radical (unpaired) electrons. The first-order valence-electron chi connectivity index (χ1n) is 7.75. The lowest BCUT2D eigenvalue weighted by Crippen LogP contribution is -2.47. The van der Waals surface area contributed by atoms with Gasteiger partial charge in [-0.3, -0.25) is 4.79 Å². The number of nitrogens with one attached hydrogen (secondary N) is 1. The molecule has 3 atom stereocenters. The summed E-state index contributed by atoms with van der Waals surface area (Å²) in [7, 11) is 0. The first-order chi connectivity index (χ1) is 9.65. The highest BCUT2D eigenvalue weighted by Gasteiger charge is 2.32. The van der Waals surface area contributed by atoms with Crippen LogP contribution in [-0.2, 0) is 11.2 Å². The fourth-order valence-corrected chi connectivity index (χ4v) is 3.34. The number of rotatable bonds is 1. The quantitative estimate of drug-likeness (QED) is 0.852. The predicted octanol–water partition coefficient (Wildman–Crippen LogP) is 2.78. The molecule has 0 saturated carbocycles. The Labute approximate surface area is 121 Å². The molecule has 3 unspecified atom stereocenters. The van der Waals surface area contributed by atoms with Crippen molar-refractivity contribution in [1.82, 2.24) is 4.90 Å². The lowest BCUT2D eigenvalue weighted by molar-refractivity contribution is -0.137. The fourth-order valence-electron chi connectivity index (χ4n) is 3.34. The summed E-state index contributed by atoms with van der Waals surface area (Å²) in [4.78, 5) is 14.8. The van der Waals surface area contributed by atoms with E-state index >= 15 is 0 Å². The van der Waals surface area contributed by atoms with Crippen LogP contribution in [0.2, 0.25) is 0 Å². The summed E-state index contributed by atoms with van der Waals surface area (Å²) in [6.45, 7) is 7.19. The third-order valence-electron chi connectivity index (χ3n) is 5.02. The molecule has 2 aliphatic rings. The Bertz CT molecular complexity index is 500. The van der Waals surface area contributed by atoms with E-state index in [0.29, 0.717) is 11.8 Å². The molecule has 3 rings (SSSR count). The van der Waals surface area contributed by atoms with E-state index in [1.807, 2.05) is 6.07 Å². The van der Waals surface area contributed by atoms with Gasteiger partial charge in [-0.2, -0.15) is 0 Å². The van der Waals surface area contributed by atoms with Gasteiger partial charge in [-0.15, -0.1) is 0 Å². The number of para-hydroxylation sites is 1. The molecule has 0 aliphatic carbocycles. The van der Waals surface area contributed by atoms with Gasteiger partial charge in [0.2, 0.25) is 5.91 Å². The molecule has 0 bridgehead atoms. The molecule has 1 aromatic rings. The summed E-state index contributed by atoms with van der Waals surface area (Å²) in [6, 6.07) is 8.32. The molecule has 1 amide bonds. The van der Waals surface area contributed by atoms with Crippen molar-refractivity contribution in [2.24, 2.45) is 17.8 Å². The maximum atomic E-state index is 12.7. The van der Waals surface area contributed by atoms with Crippen molar-refractivity contribution < 1.29 is 4.79 Å². The minimum atomic E-state index is 0.102. The summed E-state index contributed by atoms with van der Waals surface area (Å²) in [5.41, 5.74) is 2.47. The van der Waals surface area contributed by atoms with E-state index in [-0.39, 0.29) is 5.92 Å². The highest BCUT2D eigenvalue weighted by atomic mass is 16.2. The third-order valence-corrected chi connectivity index (χ3v) is 5.02. The summed E-state index contributed by atoms with van der Waals surface area (Å²) in [5.74, 6) is 1.80. The number of piperidine rings is 1. The van der Waals surface area contributed by atoms with Crippen molar-refractivity contribution in [2.45, 2.75) is 26.7 Å². The van der Waals surface area contributed by atoms with E-state index in [9.17, 15) is 4.79 Å². The molecule has 20 heavy (non-hydrogen) atoms. The van der Waals surface area contributed by atoms with E-state index in [2.05, 4.69) is 42.3 Å². The Morgan fingerprint density at radius 3 is 2.85 bits per heavy atom. The van der Waals surface area contributed by atoms with Crippen LogP contribution in [0.3, 0.4) is 0 Å². The SMILES string of the molecule is CC1CCN(C(=O)C2CNc3ccccc3C2)CC1C. The van der Waals surface area contributed by atoms with Crippen LogP contribution in [0.25, 0.3) is 0 Å². The third kappa shape index (κ3) is 2.54. The average molecular weight is 272 g/mol. The Morgan fingerprint density at radius 1 is 1.25 bits per heavy atom. The number of hydrogen-bond donors (Lipinski definition) is 1. The second kappa shape index (κ2) is 5.47. The molecule has 3 nitrogen and oxygen atoms in total. The number of hydrogen-bond acceptors (Lipinski definition) is 2. The van der Waals surface area contributed by atoms with Crippen LogP contribution in [0.5, 0.6) is 0 Å². The monoisotopic (exact) mass is 272 g/mol. The van der Waals surface area contributed by atoms with Crippen LogP contribution in [-0.4, -0.2) is 30.4 Å². The zero-order chi connectivity index (χ0) is 14.1. The normalized spacial score (nSPS) is 29.5. The summed E-state index contributed by atoms with van der Waals surface area (Å²) < 4.78 is 0. The highest BCUT2D eigenvalue weighted by Crippen LogP contribution is 2.28. The zero-order valence-corrected chi connectivity index (χ0v) is 12.4. The van der Waals surface area contributed by atoms with Gasteiger partial charge in [0.05, 0.1) is 5.92 Å². The molecule has 1 fully saturated rings. The summed E-state index contributed by atoms with van der Waals surface area (Å²) in [5, 5.41) is 3.41. The predicted molar refractivity (Wildman–Crippen MR) is 81.7 cm³/mol. The Morgan fingerprint density at radius 2 is 2.05 bits per heavy atom. The number of amides is 1. The molecule has 108 valence electrons. The molecule has 3 heteroatoms. The van der Waals surface area contributed by atoms with Gasteiger partial charge in [0.25, 0.3) is 0 Å². The summed E-state index contributed by atoms with van der Waals surface area (Å²) >= 11 is 0. The topological polar surface area (TPSA) is 32.3 Å². The van der Waals surface area contributed by atoms with Crippen molar-refractivity contribution in [3.05, 3.63) is 29.8 Å². The lowest BCUT2D eigenvalue weighted by Gasteiger charge is -2.38. The van der Waals surface area contributed by atoms with Crippen LogP contribution in [0.4, 0.5) is 5.69 Å². The molecule has 2 aliphatic heterocycles. The molecule has 0 aromatic heterocycles. The summed E-state index contributed by atoms with van der Waals surface area (Å²) in [6.07, 6.45) is 2.02. The van der Waals surface area contributed by atoms with E-state index in [1.165, 1.54) is 11.3 Å². The molecule has 1 saturated heterocycles. The second-order valence-electron chi connectivity index (χ2n) is 6.47. The van der Waals surface area contributed by atoms with Crippen molar-refractivity contribution in [3.8, 4) is 0 Å². The molecule has 2 heterocycles. The molecular weight excluding hydrogens is 248 g/mol. The zero-order valence-electron chi connectivity index (χ0n) is 12.4. The second-order valence-corrected chi connectivity index (χ2v) is 6.47. The minimum absolute atomic E-state index is 0.102. The molecule has 0 spiro atoms. The highest BCUT2D eigenvalue weighted by molar-refractivity contribution is 5.81. The number of nitrogens with zero attached hydrogens (tertiary/aromatic N) is 1. The van der Waals surface area contributed by atoms with Gasteiger partial charge >= 0.3 is 0 Å². The van der Waals surface area contributed by atoms with Gasteiger partial charge in [0.15, 0.2) is 0 Å². The number of anilines is 1. The van der Waals surface area contributed by atoms with E-state index < -0.39 is 0 Å². The lowest BCUT2D eigenvalue weighted by atomic mass is 9.87. The molecule has 1 aromatic carbocycles. The van der Waals surface area contributed by atoms with Crippen LogP contribution >= 0.6 is 0 Å². The van der Waals surface area contributed by atoms with Gasteiger partial charge in [-0.05, 0) is 36.3 Å². The van der Waals surface area contributed by atoms with E-state index in [0.717, 1.165) is 38.4 Å². The van der Waals surface area contributed by atoms with Crippen LogP contribution in [0, 0.1) is 17.8 Å². The number of benzene rings is 1. The number of carbonyl (C=O) groups is 1. The standard InChI is InChI=1S/C17H24N2O/c1-12-7-8-19(11-13(12)2)17(20)15-9-14-5-3-4-6-16(14)18-10-15/h3-6,12-13,15,18H,7-11H2,1-2H3.